The number of benzene rings is 1. The van der Waals surface area contributed by atoms with Crippen molar-refractivity contribution in [1.82, 2.24) is 0 Å². The van der Waals surface area contributed by atoms with Crippen molar-refractivity contribution in [3.8, 4) is 5.75 Å². The number of hydrogen-bond acceptors (Lipinski definition) is 2. The van der Waals surface area contributed by atoms with Gasteiger partial charge in [-0.3, -0.25) is 0 Å². The van der Waals surface area contributed by atoms with E-state index >= 15 is 0 Å². The van der Waals surface area contributed by atoms with E-state index in [1.54, 1.807) is 6.07 Å². The highest BCUT2D eigenvalue weighted by atomic mass is 19.1. The summed E-state index contributed by atoms with van der Waals surface area (Å²) >= 11 is 0. The highest BCUT2D eigenvalue weighted by molar-refractivity contribution is 5.38. The van der Waals surface area contributed by atoms with Gasteiger partial charge >= 0.3 is 0 Å². The second kappa shape index (κ2) is 4.45. The minimum absolute atomic E-state index is 0.197. The van der Waals surface area contributed by atoms with Gasteiger partial charge in [-0.15, -0.1) is 0 Å². The summed E-state index contributed by atoms with van der Waals surface area (Å²) in [5.74, 6) is 0.769. The van der Waals surface area contributed by atoms with Crippen LogP contribution < -0.4 is 4.74 Å². The largest absolute Gasteiger partial charge is 0.487 e. The molecule has 1 aromatic rings. The lowest BCUT2D eigenvalue weighted by Gasteiger charge is -2.50. The fraction of sp³-hybridized carbons (Fsp3) is 0.647. The predicted molar refractivity (Wildman–Crippen MR) is 76.1 cm³/mol. The van der Waals surface area contributed by atoms with Crippen molar-refractivity contribution in [2.45, 2.75) is 58.2 Å². The fourth-order valence-electron chi connectivity index (χ4n) is 4.51. The molecule has 3 atom stereocenters. The maximum Gasteiger partial charge on any atom is 0.128 e. The third-order valence-corrected chi connectivity index (χ3v) is 4.65. The summed E-state index contributed by atoms with van der Waals surface area (Å²) in [5.41, 5.74) is 0.567. The van der Waals surface area contributed by atoms with E-state index in [-0.39, 0.29) is 16.8 Å². The lowest BCUT2D eigenvalue weighted by Crippen LogP contribution is -2.49. The monoisotopic (exact) mass is 278 g/mol. The van der Waals surface area contributed by atoms with Crippen LogP contribution in [-0.2, 0) is 0 Å². The number of fused-ring (bicyclic) bond motifs is 1. The summed E-state index contributed by atoms with van der Waals surface area (Å²) in [6.45, 7) is 6.74. The first kappa shape index (κ1) is 13.9. The first-order chi connectivity index (χ1) is 9.29. The molecule has 2 nitrogen and oxygen atoms in total. The van der Waals surface area contributed by atoms with Crippen LogP contribution in [0.25, 0.3) is 0 Å². The van der Waals surface area contributed by atoms with Crippen molar-refractivity contribution in [2.24, 2.45) is 11.3 Å². The highest BCUT2D eigenvalue weighted by Gasteiger charge is 2.48. The molecule has 0 aromatic heterocycles. The highest BCUT2D eigenvalue weighted by Crippen LogP contribution is 2.52. The normalized spacial score (nSPS) is 35.5. The van der Waals surface area contributed by atoms with Gasteiger partial charge < -0.3 is 9.84 Å². The summed E-state index contributed by atoms with van der Waals surface area (Å²) in [5, 5.41) is 10.4. The molecule has 3 heteroatoms. The molecule has 1 aliphatic heterocycles. The molecule has 0 amide bonds. The van der Waals surface area contributed by atoms with Crippen LogP contribution in [0.15, 0.2) is 18.2 Å². The van der Waals surface area contributed by atoms with Crippen molar-refractivity contribution >= 4 is 0 Å². The van der Waals surface area contributed by atoms with E-state index in [9.17, 15) is 9.50 Å². The molecule has 0 radical (unpaired) electrons. The molecular weight excluding hydrogens is 255 g/mol. The average Bonchev–Trinajstić information content (AvgIpc) is 2.23. The molecule has 1 aromatic carbocycles. The first-order valence-corrected chi connectivity index (χ1v) is 7.45. The Labute approximate surface area is 120 Å². The molecule has 3 rings (SSSR count). The Kier molecular flexibility index (Phi) is 3.09. The summed E-state index contributed by atoms with van der Waals surface area (Å²) in [6, 6.07) is 4.43. The zero-order valence-corrected chi connectivity index (χ0v) is 12.4. The van der Waals surface area contributed by atoms with Gasteiger partial charge in [0, 0.05) is 18.1 Å². The van der Waals surface area contributed by atoms with Crippen LogP contribution in [0.4, 0.5) is 4.39 Å². The van der Waals surface area contributed by atoms with Gasteiger partial charge in [0.1, 0.15) is 17.2 Å². The zero-order valence-electron chi connectivity index (χ0n) is 12.4. The van der Waals surface area contributed by atoms with Crippen LogP contribution in [0.3, 0.4) is 0 Å². The number of rotatable bonds is 0. The number of aliphatic hydroxyl groups is 1. The minimum atomic E-state index is -0.555. The lowest BCUT2D eigenvalue weighted by atomic mass is 9.63. The molecule has 20 heavy (non-hydrogen) atoms. The van der Waals surface area contributed by atoms with Crippen molar-refractivity contribution in [2.75, 3.05) is 0 Å². The average molecular weight is 278 g/mol. The molecule has 110 valence electrons. The molecule has 1 aliphatic carbocycles. The molecule has 1 fully saturated rings. The van der Waals surface area contributed by atoms with Gasteiger partial charge in [0.2, 0.25) is 0 Å². The SMILES string of the molecule is CC1CC(C)(C)CC2(C1)CC(O)c1ccc(F)cc1O2. The van der Waals surface area contributed by atoms with E-state index < -0.39 is 6.10 Å². The van der Waals surface area contributed by atoms with E-state index in [0.29, 0.717) is 23.7 Å². The predicted octanol–water partition coefficient (Wildman–Crippen LogP) is 4.23. The Morgan fingerprint density at radius 2 is 2.00 bits per heavy atom. The number of aliphatic hydroxyl groups excluding tert-OH is 1. The number of hydrogen-bond donors (Lipinski definition) is 1. The Bertz CT molecular complexity index is 526. The van der Waals surface area contributed by atoms with Crippen LogP contribution >= 0.6 is 0 Å². The molecule has 1 heterocycles. The Morgan fingerprint density at radius 3 is 2.70 bits per heavy atom. The molecule has 0 saturated heterocycles. The molecule has 1 N–H and O–H groups in total. The van der Waals surface area contributed by atoms with Crippen molar-refractivity contribution in [3.63, 3.8) is 0 Å². The van der Waals surface area contributed by atoms with Crippen molar-refractivity contribution in [3.05, 3.63) is 29.6 Å². The van der Waals surface area contributed by atoms with Crippen LogP contribution in [0.2, 0.25) is 0 Å². The maximum atomic E-state index is 13.4. The Morgan fingerprint density at radius 1 is 1.25 bits per heavy atom. The summed E-state index contributed by atoms with van der Waals surface area (Å²) in [7, 11) is 0. The van der Waals surface area contributed by atoms with Crippen molar-refractivity contribution < 1.29 is 14.2 Å². The molecular formula is C17H23FO2. The number of ether oxygens (including phenoxy) is 1. The van der Waals surface area contributed by atoms with E-state index in [2.05, 4.69) is 20.8 Å². The van der Waals surface area contributed by atoms with Gasteiger partial charge in [0.15, 0.2) is 0 Å². The summed E-state index contributed by atoms with van der Waals surface area (Å²) < 4.78 is 19.7. The Balaban J connectivity index is 1.97. The summed E-state index contributed by atoms with van der Waals surface area (Å²) in [6.07, 6.45) is 3.07. The maximum absolute atomic E-state index is 13.4. The second-order valence-corrected chi connectivity index (χ2v) is 7.54. The Hall–Kier alpha value is -1.09. The minimum Gasteiger partial charge on any atom is -0.487 e. The first-order valence-electron chi connectivity index (χ1n) is 7.45. The fourth-order valence-corrected chi connectivity index (χ4v) is 4.51. The van der Waals surface area contributed by atoms with Gasteiger partial charge in [-0.25, -0.2) is 4.39 Å². The van der Waals surface area contributed by atoms with E-state index in [0.717, 1.165) is 12.8 Å². The summed E-state index contributed by atoms with van der Waals surface area (Å²) in [4.78, 5) is 0. The quantitative estimate of drug-likeness (QED) is 0.769. The third-order valence-electron chi connectivity index (χ3n) is 4.65. The van der Waals surface area contributed by atoms with E-state index in [4.69, 9.17) is 4.74 Å². The number of halogens is 1. The van der Waals surface area contributed by atoms with Crippen molar-refractivity contribution in [1.29, 1.82) is 0 Å². The standard InChI is InChI=1S/C17H23FO2/c1-11-7-16(2,3)10-17(8-11)9-14(19)13-5-4-12(18)6-15(13)20-17/h4-6,11,14,19H,7-10H2,1-3H3. The smallest absolute Gasteiger partial charge is 0.128 e. The van der Waals surface area contributed by atoms with Crippen LogP contribution in [-0.4, -0.2) is 10.7 Å². The molecule has 1 spiro atoms. The zero-order chi connectivity index (χ0) is 14.5. The molecule has 3 unspecified atom stereocenters. The second-order valence-electron chi connectivity index (χ2n) is 7.54. The molecule has 2 aliphatic rings. The topological polar surface area (TPSA) is 29.5 Å². The van der Waals surface area contributed by atoms with Crippen LogP contribution in [0.1, 0.15) is 58.1 Å². The van der Waals surface area contributed by atoms with Gasteiger partial charge in [-0.1, -0.05) is 20.8 Å². The van der Waals surface area contributed by atoms with Gasteiger partial charge in [-0.2, -0.15) is 0 Å². The van der Waals surface area contributed by atoms with E-state index in [1.165, 1.54) is 18.6 Å². The van der Waals surface area contributed by atoms with Crippen LogP contribution in [0.5, 0.6) is 5.75 Å². The molecule has 1 saturated carbocycles. The van der Waals surface area contributed by atoms with Gasteiger partial charge in [0.05, 0.1) is 6.10 Å². The van der Waals surface area contributed by atoms with Gasteiger partial charge in [0.25, 0.3) is 0 Å². The lowest BCUT2D eigenvalue weighted by molar-refractivity contribution is -0.0823. The van der Waals surface area contributed by atoms with Gasteiger partial charge in [-0.05, 0) is 42.7 Å². The third kappa shape index (κ3) is 2.44. The molecule has 0 bridgehead atoms. The van der Waals surface area contributed by atoms with Crippen LogP contribution in [0, 0.1) is 17.2 Å². The van der Waals surface area contributed by atoms with E-state index in [1.807, 2.05) is 0 Å².